The summed E-state index contributed by atoms with van der Waals surface area (Å²) in [6.45, 7) is 4.08. The highest BCUT2D eigenvalue weighted by Gasteiger charge is 2.00. The summed E-state index contributed by atoms with van der Waals surface area (Å²) >= 11 is 4.58. The first-order valence-corrected chi connectivity index (χ1v) is 6.13. The molecule has 0 atom stereocenters. The maximum Gasteiger partial charge on any atom is 0.294 e. The molecule has 6 heteroatoms. The first-order valence-electron chi connectivity index (χ1n) is 4.52. The molecule has 0 fully saturated rings. The molecule has 0 aliphatic rings. The third-order valence-corrected chi connectivity index (χ3v) is 2.75. The SMILES string of the molecule is CCCCOCCOc1nnc(Br)s1. The molecule has 1 aromatic heterocycles. The number of nitrogens with zero attached hydrogens (tertiary/aromatic N) is 2. The van der Waals surface area contributed by atoms with Crippen LogP contribution in [0.3, 0.4) is 0 Å². The molecular formula is C8H13BrN2O2S. The fourth-order valence-electron chi connectivity index (χ4n) is 0.788. The molecule has 0 saturated carbocycles. The summed E-state index contributed by atoms with van der Waals surface area (Å²) in [5, 5.41) is 8.14. The zero-order valence-corrected chi connectivity index (χ0v) is 10.4. The van der Waals surface area contributed by atoms with Gasteiger partial charge in [-0.25, -0.2) is 0 Å². The van der Waals surface area contributed by atoms with E-state index >= 15 is 0 Å². The molecule has 0 aliphatic carbocycles. The van der Waals surface area contributed by atoms with Gasteiger partial charge in [0.15, 0.2) is 3.92 Å². The number of hydrogen-bond acceptors (Lipinski definition) is 5. The highest BCUT2D eigenvalue weighted by molar-refractivity contribution is 9.11. The quantitative estimate of drug-likeness (QED) is 0.720. The molecule has 0 N–H and O–H groups in total. The van der Waals surface area contributed by atoms with E-state index in [1.807, 2.05) is 0 Å². The van der Waals surface area contributed by atoms with E-state index in [0.717, 1.165) is 23.4 Å². The molecule has 80 valence electrons. The van der Waals surface area contributed by atoms with Gasteiger partial charge in [-0.05, 0) is 33.7 Å². The van der Waals surface area contributed by atoms with Crippen molar-refractivity contribution < 1.29 is 9.47 Å². The Balaban J connectivity index is 1.99. The molecule has 0 bridgehead atoms. The van der Waals surface area contributed by atoms with Crippen LogP contribution in [0.1, 0.15) is 19.8 Å². The number of unbranched alkanes of at least 4 members (excludes halogenated alkanes) is 1. The van der Waals surface area contributed by atoms with E-state index < -0.39 is 0 Å². The summed E-state index contributed by atoms with van der Waals surface area (Å²) in [7, 11) is 0. The maximum absolute atomic E-state index is 5.32. The molecule has 0 radical (unpaired) electrons. The molecule has 0 saturated heterocycles. The first-order chi connectivity index (χ1) is 6.83. The Hall–Kier alpha value is -0.200. The summed E-state index contributed by atoms with van der Waals surface area (Å²) in [5.74, 6) is 0. The van der Waals surface area contributed by atoms with Crippen LogP contribution in [-0.2, 0) is 4.74 Å². The van der Waals surface area contributed by atoms with Gasteiger partial charge >= 0.3 is 0 Å². The fourth-order valence-corrected chi connectivity index (χ4v) is 1.73. The first kappa shape index (κ1) is 11.9. The lowest BCUT2D eigenvalue weighted by Gasteiger charge is -2.02. The van der Waals surface area contributed by atoms with Crippen molar-refractivity contribution in [3.8, 4) is 5.19 Å². The summed E-state index contributed by atoms with van der Waals surface area (Å²) < 4.78 is 11.4. The van der Waals surface area contributed by atoms with Crippen LogP contribution in [0.2, 0.25) is 0 Å². The minimum absolute atomic E-state index is 0.533. The van der Waals surface area contributed by atoms with E-state index in [9.17, 15) is 0 Å². The molecule has 0 aromatic carbocycles. The Labute approximate surface area is 95.8 Å². The predicted octanol–water partition coefficient (Wildman–Crippen LogP) is 2.50. The van der Waals surface area contributed by atoms with E-state index in [4.69, 9.17) is 9.47 Å². The second-order valence-electron chi connectivity index (χ2n) is 2.64. The zero-order chi connectivity index (χ0) is 10.2. The van der Waals surface area contributed by atoms with E-state index in [1.165, 1.54) is 11.3 Å². The number of aromatic nitrogens is 2. The molecule has 0 aliphatic heterocycles. The molecule has 1 aromatic rings. The largest absolute Gasteiger partial charge is 0.466 e. The van der Waals surface area contributed by atoms with Crippen LogP contribution >= 0.6 is 27.3 Å². The Morgan fingerprint density at radius 1 is 1.29 bits per heavy atom. The highest BCUT2D eigenvalue weighted by atomic mass is 79.9. The summed E-state index contributed by atoms with van der Waals surface area (Å²) in [4.78, 5) is 0. The molecule has 14 heavy (non-hydrogen) atoms. The predicted molar refractivity (Wildman–Crippen MR) is 58.8 cm³/mol. The van der Waals surface area contributed by atoms with Crippen LogP contribution in [0.5, 0.6) is 5.19 Å². The monoisotopic (exact) mass is 280 g/mol. The Kier molecular flexibility index (Phi) is 6.05. The number of rotatable bonds is 7. The van der Waals surface area contributed by atoms with Gasteiger partial charge in [-0.2, -0.15) is 0 Å². The van der Waals surface area contributed by atoms with Crippen LogP contribution in [-0.4, -0.2) is 30.0 Å². The molecule has 4 nitrogen and oxygen atoms in total. The molecular weight excluding hydrogens is 268 g/mol. The van der Waals surface area contributed by atoms with E-state index in [-0.39, 0.29) is 0 Å². The van der Waals surface area contributed by atoms with E-state index in [2.05, 4.69) is 33.1 Å². The lowest BCUT2D eigenvalue weighted by molar-refractivity contribution is 0.0977. The van der Waals surface area contributed by atoms with Crippen molar-refractivity contribution in [3.63, 3.8) is 0 Å². The van der Waals surface area contributed by atoms with Gasteiger partial charge in [0, 0.05) is 6.61 Å². The van der Waals surface area contributed by atoms with Gasteiger partial charge in [0.05, 0.1) is 6.61 Å². The van der Waals surface area contributed by atoms with Gasteiger partial charge in [0.2, 0.25) is 0 Å². The van der Waals surface area contributed by atoms with Crippen LogP contribution in [0.25, 0.3) is 0 Å². The second kappa shape index (κ2) is 7.14. The molecule has 0 spiro atoms. The van der Waals surface area contributed by atoms with Crippen molar-refractivity contribution in [1.29, 1.82) is 0 Å². The topological polar surface area (TPSA) is 44.2 Å². The van der Waals surface area contributed by atoms with Gasteiger partial charge in [-0.1, -0.05) is 18.4 Å². The zero-order valence-electron chi connectivity index (χ0n) is 8.03. The van der Waals surface area contributed by atoms with Gasteiger partial charge in [-0.3, -0.25) is 0 Å². The third-order valence-electron chi connectivity index (χ3n) is 1.48. The van der Waals surface area contributed by atoms with Crippen LogP contribution in [0.15, 0.2) is 3.92 Å². The summed E-state index contributed by atoms with van der Waals surface area (Å²) in [5.41, 5.74) is 0. The Bertz CT molecular complexity index is 257. The maximum atomic E-state index is 5.32. The lowest BCUT2D eigenvalue weighted by Crippen LogP contribution is -2.07. The van der Waals surface area contributed by atoms with Crippen molar-refractivity contribution in [3.05, 3.63) is 3.92 Å². The third kappa shape index (κ3) is 4.88. The van der Waals surface area contributed by atoms with Crippen molar-refractivity contribution >= 4 is 27.3 Å². The molecule has 1 heterocycles. The van der Waals surface area contributed by atoms with Crippen molar-refractivity contribution in [1.82, 2.24) is 10.2 Å². The van der Waals surface area contributed by atoms with Gasteiger partial charge in [0.1, 0.15) is 6.61 Å². The average Bonchev–Trinajstić information content (AvgIpc) is 2.58. The molecule has 0 amide bonds. The molecule has 0 unspecified atom stereocenters. The van der Waals surface area contributed by atoms with Crippen LogP contribution in [0, 0.1) is 0 Å². The van der Waals surface area contributed by atoms with Crippen LogP contribution in [0.4, 0.5) is 0 Å². The van der Waals surface area contributed by atoms with Crippen molar-refractivity contribution in [2.75, 3.05) is 19.8 Å². The minimum atomic E-state index is 0.533. The summed E-state index contributed by atoms with van der Waals surface area (Å²) in [6, 6.07) is 0. The average molecular weight is 281 g/mol. The van der Waals surface area contributed by atoms with Crippen molar-refractivity contribution in [2.24, 2.45) is 0 Å². The number of hydrogen-bond donors (Lipinski definition) is 0. The Morgan fingerprint density at radius 2 is 2.14 bits per heavy atom. The van der Waals surface area contributed by atoms with Gasteiger partial charge < -0.3 is 9.47 Å². The fraction of sp³-hybridized carbons (Fsp3) is 0.750. The van der Waals surface area contributed by atoms with E-state index in [1.54, 1.807) is 0 Å². The second-order valence-corrected chi connectivity index (χ2v) is 4.85. The Morgan fingerprint density at radius 3 is 2.79 bits per heavy atom. The summed E-state index contributed by atoms with van der Waals surface area (Å²) in [6.07, 6.45) is 2.26. The normalized spacial score (nSPS) is 10.4. The van der Waals surface area contributed by atoms with Crippen LogP contribution < -0.4 is 4.74 Å². The van der Waals surface area contributed by atoms with E-state index in [0.29, 0.717) is 18.4 Å². The minimum Gasteiger partial charge on any atom is -0.466 e. The lowest BCUT2D eigenvalue weighted by atomic mass is 10.4. The highest BCUT2D eigenvalue weighted by Crippen LogP contribution is 2.21. The van der Waals surface area contributed by atoms with Gasteiger partial charge in [0.25, 0.3) is 5.19 Å². The molecule has 1 rings (SSSR count). The number of ether oxygens (including phenoxy) is 2. The van der Waals surface area contributed by atoms with Crippen molar-refractivity contribution in [2.45, 2.75) is 19.8 Å². The standard InChI is InChI=1S/C8H13BrN2O2S/c1-2-3-4-12-5-6-13-8-11-10-7(9)14-8/h2-6H2,1H3. The smallest absolute Gasteiger partial charge is 0.294 e. The van der Waals surface area contributed by atoms with Gasteiger partial charge in [-0.15, -0.1) is 5.10 Å². The number of halogens is 1.